The molecule has 1 aromatic carbocycles. The van der Waals surface area contributed by atoms with E-state index in [4.69, 9.17) is 15.2 Å². The lowest BCUT2D eigenvalue weighted by Gasteiger charge is -2.19. The highest BCUT2D eigenvalue weighted by atomic mass is 16.6. The third-order valence-corrected chi connectivity index (χ3v) is 2.34. The van der Waals surface area contributed by atoms with Gasteiger partial charge in [-0.2, -0.15) is 0 Å². The first kappa shape index (κ1) is 14.4. The van der Waals surface area contributed by atoms with Crippen LogP contribution < -0.4 is 10.5 Å². The molecular formula is C14H21NO3. The Morgan fingerprint density at radius 1 is 1.22 bits per heavy atom. The Morgan fingerprint density at radius 2 is 1.72 bits per heavy atom. The first-order valence-electron chi connectivity index (χ1n) is 5.90. The first-order valence-corrected chi connectivity index (χ1v) is 5.90. The summed E-state index contributed by atoms with van der Waals surface area (Å²) in [5.74, 6) is 0.250. The number of benzene rings is 1. The van der Waals surface area contributed by atoms with Gasteiger partial charge in [0.15, 0.2) is 6.61 Å². The van der Waals surface area contributed by atoms with Crippen LogP contribution in [0, 0.1) is 13.8 Å². The molecule has 0 saturated carbocycles. The highest BCUT2D eigenvalue weighted by Gasteiger charge is 2.16. The van der Waals surface area contributed by atoms with Gasteiger partial charge in [0.2, 0.25) is 0 Å². The van der Waals surface area contributed by atoms with E-state index in [0.29, 0.717) is 5.75 Å². The largest absolute Gasteiger partial charge is 0.482 e. The third-order valence-electron chi connectivity index (χ3n) is 2.34. The maximum Gasteiger partial charge on any atom is 0.344 e. The number of nitrogen functional groups attached to an aromatic ring is 1. The number of carbonyl (C=O) groups is 1. The normalized spacial score (nSPS) is 11.2. The Bertz CT molecular complexity index is 424. The van der Waals surface area contributed by atoms with Crippen molar-refractivity contribution in [2.75, 3.05) is 12.3 Å². The highest BCUT2D eigenvalue weighted by molar-refractivity contribution is 5.71. The Kier molecular flexibility index (Phi) is 4.22. The predicted octanol–water partition coefficient (Wildman–Crippen LogP) is 2.61. The number of carbonyl (C=O) groups excluding carboxylic acids is 1. The van der Waals surface area contributed by atoms with Crippen LogP contribution in [0.5, 0.6) is 5.75 Å². The summed E-state index contributed by atoms with van der Waals surface area (Å²) < 4.78 is 10.6. The monoisotopic (exact) mass is 251 g/mol. The van der Waals surface area contributed by atoms with Gasteiger partial charge in [-0.05, 0) is 57.9 Å². The van der Waals surface area contributed by atoms with Crippen molar-refractivity contribution in [2.45, 2.75) is 40.2 Å². The lowest BCUT2D eigenvalue weighted by Crippen LogP contribution is -2.27. The molecule has 18 heavy (non-hydrogen) atoms. The average Bonchev–Trinajstić information content (AvgIpc) is 2.20. The van der Waals surface area contributed by atoms with E-state index in [1.165, 1.54) is 0 Å². The Balaban J connectivity index is 2.62. The van der Waals surface area contributed by atoms with E-state index in [2.05, 4.69) is 0 Å². The lowest BCUT2D eigenvalue weighted by molar-refractivity contribution is -0.157. The summed E-state index contributed by atoms with van der Waals surface area (Å²) in [6.45, 7) is 9.18. The molecule has 0 aliphatic heterocycles. The Morgan fingerprint density at radius 3 is 2.17 bits per heavy atom. The summed E-state index contributed by atoms with van der Waals surface area (Å²) in [5.41, 5.74) is 7.98. The van der Waals surface area contributed by atoms with Gasteiger partial charge in [0.05, 0.1) is 0 Å². The van der Waals surface area contributed by atoms with Gasteiger partial charge in [0.1, 0.15) is 11.4 Å². The molecule has 0 fully saturated rings. The molecular weight excluding hydrogens is 230 g/mol. The molecule has 1 aromatic rings. The van der Waals surface area contributed by atoms with E-state index in [-0.39, 0.29) is 12.6 Å². The van der Waals surface area contributed by atoms with E-state index < -0.39 is 5.60 Å². The molecule has 1 rings (SSSR count). The highest BCUT2D eigenvalue weighted by Crippen LogP contribution is 2.23. The zero-order valence-corrected chi connectivity index (χ0v) is 11.7. The molecule has 0 aliphatic rings. The Hall–Kier alpha value is -1.71. The van der Waals surface area contributed by atoms with Gasteiger partial charge in [-0.1, -0.05) is 0 Å². The number of nitrogens with two attached hydrogens (primary N) is 1. The first-order chi connectivity index (χ1) is 8.19. The zero-order valence-electron chi connectivity index (χ0n) is 11.7. The van der Waals surface area contributed by atoms with Crippen molar-refractivity contribution in [3.05, 3.63) is 23.3 Å². The van der Waals surface area contributed by atoms with Crippen LogP contribution >= 0.6 is 0 Å². The molecule has 0 aliphatic carbocycles. The molecule has 0 spiro atoms. The molecule has 4 nitrogen and oxygen atoms in total. The van der Waals surface area contributed by atoms with Crippen molar-refractivity contribution in [3.8, 4) is 5.75 Å². The van der Waals surface area contributed by atoms with Crippen LogP contribution in [0.15, 0.2) is 12.1 Å². The minimum Gasteiger partial charge on any atom is -0.482 e. The summed E-state index contributed by atoms with van der Waals surface area (Å²) in [4.78, 5) is 11.5. The molecule has 0 heterocycles. The molecule has 0 radical (unpaired) electrons. The minimum absolute atomic E-state index is 0.0972. The molecule has 0 saturated heterocycles. The van der Waals surface area contributed by atoms with E-state index in [9.17, 15) is 4.79 Å². The standard InChI is InChI=1S/C14H21NO3/c1-9-6-11(7-10(2)13(9)15)17-8-12(16)18-14(3,4)5/h6-7H,8,15H2,1-5H3. The number of anilines is 1. The molecule has 4 heteroatoms. The zero-order chi connectivity index (χ0) is 13.9. The van der Waals surface area contributed by atoms with Crippen molar-refractivity contribution < 1.29 is 14.3 Å². The van der Waals surface area contributed by atoms with E-state index in [0.717, 1.165) is 16.8 Å². The lowest BCUT2D eigenvalue weighted by atomic mass is 10.1. The number of esters is 1. The number of ether oxygens (including phenoxy) is 2. The van der Waals surface area contributed by atoms with E-state index >= 15 is 0 Å². The van der Waals surface area contributed by atoms with Crippen LogP contribution in [0.4, 0.5) is 5.69 Å². The van der Waals surface area contributed by atoms with Gasteiger partial charge in [-0.15, -0.1) is 0 Å². The molecule has 0 unspecified atom stereocenters. The molecule has 0 aromatic heterocycles. The van der Waals surface area contributed by atoms with Gasteiger partial charge in [-0.3, -0.25) is 0 Å². The summed E-state index contributed by atoms with van der Waals surface area (Å²) in [5, 5.41) is 0. The second-order valence-corrected chi connectivity index (χ2v) is 5.35. The molecule has 0 bridgehead atoms. The van der Waals surface area contributed by atoms with Crippen LogP contribution in [0.25, 0.3) is 0 Å². The van der Waals surface area contributed by atoms with Crippen molar-refractivity contribution in [3.63, 3.8) is 0 Å². The summed E-state index contributed by atoms with van der Waals surface area (Å²) in [6, 6.07) is 3.62. The second kappa shape index (κ2) is 5.29. The fourth-order valence-electron chi connectivity index (χ4n) is 1.53. The van der Waals surface area contributed by atoms with Crippen molar-refractivity contribution in [2.24, 2.45) is 0 Å². The maximum atomic E-state index is 11.5. The van der Waals surface area contributed by atoms with E-state index in [1.807, 2.05) is 46.8 Å². The van der Waals surface area contributed by atoms with E-state index in [1.54, 1.807) is 0 Å². The van der Waals surface area contributed by atoms with Crippen molar-refractivity contribution in [1.82, 2.24) is 0 Å². The molecule has 0 amide bonds. The predicted molar refractivity (Wildman–Crippen MR) is 71.7 cm³/mol. The van der Waals surface area contributed by atoms with Gasteiger partial charge >= 0.3 is 5.97 Å². The number of hydrogen-bond acceptors (Lipinski definition) is 4. The van der Waals surface area contributed by atoms with Crippen LogP contribution in [-0.2, 0) is 9.53 Å². The topological polar surface area (TPSA) is 61.5 Å². The quantitative estimate of drug-likeness (QED) is 0.662. The fraction of sp³-hybridized carbons (Fsp3) is 0.500. The van der Waals surface area contributed by atoms with Gasteiger partial charge in [-0.25, -0.2) is 4.79 Å². The van der Waals surface area contributed by atoms with Crippen LogP contribution in [0.2, 0.25) is 0 Å². The average molecular weight is 251 g/mol. The molecule has 2 N–H and O–H groups in total. The molecule has 0 atom stereocenters. The SMILES string of the molecule is Cc1cc(OCC(=O)OC(C)(C)C)cc(C)c1N. The van der Waals surface area contributed by atoms with Crippen LogP contribution in [0.1, 0.15) is 31.9 Å². The summed E-state index contributed by atoms with van der Waals surface area (Å²) in [6.07, 6.45) is 0. The smallest absolute Gasteiger partial charge is 0.344 e. The number of hydrogen-bond donors (Lipinski definition) is 1. The van der Waals surface area contributed by atoms with Gasteiger partial charge < -0.3 is 15.2 Å². The van der Waals surface area contributed by atoms with Crippen LogP contribution in [0.3, 0.4) is 0 Å². The summed E-state index contributed by atoms with van der Waals surface area (Å²) in [7, 11) is 0. The van der Waals surface area contributed by atoms with Crippen molar-refractivity contribution in [1.29, 1.82) is 0 Å². The maximum absolute atomic E-state index is 11.5. The number of rotatable bonds is 3. The number of aryl methyl sites for hydroxylation is 2. The van der Waals surface area contributed by atoms with Crippen LogP contribution in [-0.4, -0.2) is 18.2 Å². The summed E-state index contributed by atoms with van der Waals surface area (Å²) >= 11 is 0. The van der Waals surface area contributed by atoms with Gasteiger partial charge in [0.25, 0.3) is 0 Å². The molecule has 100 valence electrons. The van der Waals surface area contributed by atoms with Crippen molar-refractivity contribution >= 4 is 11.7 Å². The minimum atomic E-state index is -0.493. The fourth-order valence-corrected chi connectivity index (χ4v) is 1.53. The van der Waals surface area contributed by atoms with Gasteiger partial charge in [0, 0.05) is 5.69 Å². The Labute approximate surface area is 108 Å². The second-order valence-electron chi connectivity index (χ2n) is 5.35. The third kappa shape index (κ3) is 4.28.